The van der Waals surface area contributed by atoms with Gasteiger partial charge in [0, 0.05) is 33.1 Å². The van der Waals surface area contributed by atoms with E-state index in [-0.39, 0.29) is 5.41 Å². The van der Waals surface area contributed by atoms with Crippen molar-refractivity contribution in [3.8, 4) is 44.5 Å². The lowest BCUT2D eigenvalue weighted by Crippen LogP contribution is -2.16. The first-order valence-electron chi connectivity index (χ1n) is 19.8. The molecule has 57 heavy (non-hydrogen) atoms. The van der Waals surface area contributed by atoms with Crippen molar-refractivity contribution in [1.82, 2.24) is 0 Å². The second-order valence-corrected chi connectivity index (χ2v) is 15.7. The lowest BCUT2D eigenvalue weighted by molar-refractivity contribution is 0.662. The van der Waals surface area contributed by atoms with Crippen LogP contribution >= 0.6 is 0 Å². The first-order valence-corrected chi connectivity index (χ1v) is 19.8. The lowest BCUT2D eigenvalue weighted by Gasteiger charge is -2.29. The smallest absolute Gasteiger partial charge is 0.136 e. The van der Waals surface area contributed by atoms with Gasteiger partial charge in [0.05, 0.1) is 5.69 Å². The molecule has 1 aliphatic carbocycles. The molecule has 10 aromatic rings. The Kier molecular flexibility index (Phi) is 7.55. The van der Waals surface area contributed by atoms with Gasteiger partial charge < -0.3 is 9.32 Å². The molecule has 1 aromatic heterocycles. The van der Waals surface area contributed by atoms with Crippen molar-refractivity contribution in [2.24, 2.45) is 0 Å². The fraction of sp³-hybridized carbons (Fsp3) is 0.0545. The van der Waals surface area contributed by atoms with Crippen LogP contribution in [0, 0.1) is 0 Å². The van der Waals surface area contributed by atoms with Crippen LogP contribution in [-0.2, 0) is 5.41 Å². The minimum atomic E-state index is -0.1000. The number of benzene rings is 9. The Morgan fingerprint density at radius 3 is 1.74 bits per heavy atom. The summed E-state index contributed by atoms with van der Waals surface area (Å²) in [6, 6.07) is 72.5. The number of anilines is 3. The number of furan rings is 1. The van der Waals surface area contributed by atoms with Gasteiger partial charge in [-0.05, 0) is 109 Å². The van der Waals surface area contributed by atoms with E-state index in [1.807, 2.05) is 0 Å². The standard InChI is InChI=1S/C55H39NO/c1-55(2)49-23-10-8-18-44(49)47-22-12-20-43(54(47)55)38-28-32-42(33-29-38)56(41-30-26-37(27-31-41)36-14-4-3-5-15-36)50-24-11-9-19-45(50)46-21-13-25-51-53(46)48-34-39-16-6-7-17-40(39)35-52(48)57-51/h3-35H,1-2H3. The third-order valence-corrected chi connectivity index (χ3v) is 12.0. The van der Waals surface area contributed by atoms with Crippen molar-refractivity contribution in [3.63, 3.8) is 0 Å². The largest absolute Gasteiger partial charge is 0.456 e. The lowest BCUT2D eigenvalue weighted by atomic mass is 9.79. The van der Waals surface area contributed by atoms with E-state index < -0.39 is 0 Å². The summed E-state index contributed by atoms with van der Waals surface area (Å²) < 4.78 is 6.56. The quantitative estimate of drug-likeness (QED) is 0.169. The van der Waals surface area contributed by atoms with Gasteiger partial charge in [0.1, 0.15) is 11.2 Å². The highest BCUT2D eigenvalue weighted by atomic mass is 16.3. The number of hydrogen-bond acceptors (Lipinski definition) is 2. The molecule has 0 saturated heterocycles. The van der Waals surface area contributed by atoms with E-state index in [1.54, 1.807) is 0 Å². The average molecular weight is 730 g/mol. The molecule has 0 atom stereocenters. The Labute approximate surface area is 332 Å². The molecule has 9 aromatic carbocycles. The van der Waals surface area contributed by atoms with E-state index in [2.05, 4.69) is 219 Å². The van der Waals surface area contributed by atoms with Crippen LogP contribution in [0.4, 0.5) is 17.1 Å². The van der Waals surface area contributed by atoms with Crippen LogP contribution in [0.25, 0.3) is 77.2 Å². The molecule has 270 valence electrons. The van der Waals surface area contributed by atoms with E-state index in [0.29, 0.717) is 0 Å². The van der Waals surface area contributed by atoms with Crippen LogP contribution in [0.2, 0.25) is 0 Å². The monoisotopic (exact) mass is 729 g/mol. The van der Waals surface area contributed by atoms with Crippen molar-refractivity contribution < 1.29 is 4.42 Å². The normalized spacial score (nSPS) is 12.9. The second-order valence-electron chi connectivity index (χ2n) is 15.7. The summed E-state index contributed by atoms with van der Waals surface area (Å²) in [4.78, 5) is 2.40. The SMILES string of the molecule is CC1(C)c2ccccc2-c2cccc(-c3ccc(N(c4ccc(-c5ccccc5)cc4)c4ccccc4-c4cccc5oc6cc7ccccc7cc6c45)cc3)c21. The van der Waals surface area contributed by atoms with E-state index >= 15 is 0 Å². The van der Waals surface area contributed by atoms with Gasteiger partial charge >= 0.3 is 0 Å². The Hall–Kier alpha value is -7.16. The number of hydrogen-bond donors (Lipinski definition) is 0. The Morgan fingerprint density at radius 1 is 0.404 bits per heavy atom. The molecule has 0 radical (unpaired) electrons. The molecular weight excluding hydrogens is 691 g/mol. The molecule has 1 heterocycles. The Balaban J connectivity index is 1.08. The second kappa shape index (κ2) is 13.0. The third-order valence-electron chi connectivity index (χ3n) is 12.0. The molecule has 0 unspecified atom stereocenters. The zero-order valence-electron chi connectivity index (χ0n) is 31.9. The molecular formula is C55H39NO. The van der Waals surface area contributed by atoms with Gasteiger partial charge in [-0.3, -0.25) is 0 Å². The van der Waals surface area contributed by atoms with Gasteiger partial charge in [0.2, 0.25) is 0 Å². The Bertz CT molecular complexity index is 3130. The van der Waals surface area contributed by atoms with Crippen LogP contribution < -0.4 is 4.90 Å². The fourth-order valence-corrected chi connectivity index (χ4v) is 9.37. The van der Waals surface area contributed by atoms with Crippen LogP contribution in [0.5, 0.6) is 0 Å². The van der Waals surface area contributed by atoms with E-state index in [4.69, 9.17) is 4.42 Å². The molecule has 2 heteroatoms. The van der Waals surface area contributed by atoms with E-state index in [9.17, 15) is 0 Å². The summed E-state index contributed by atoms with van der Waals surface area (Å²) in [5.74, 6) is 0. The zero-order chi connectivity index (χ0) is 38.1. The van der Waals surface area contributed by atoms with Crippen molar-refractivity contribution in [1.29, 1.82) is 0 Å². The van der Waals surface area contributed by atoms with E-state index in [0.717, 1.165) is 50.1 Å². The first-order chi connectivity index (χ1) is 28.0. The van der Waals surface area contributed by atoms with Gasteiger partial charge in [0.15, 0.2) is 0 Å². The van der Waals surface area contributed by atoms with Crippen molar-refractivity contribution in [3.05, 3.63) is 211 Å². The molecule has 0 amide bonds. The number of rotatable bonds is 6. The number of nitrogens with zero attached hydrogens (tertiary/aromatic N) is 1. The molecule has 0 bridgehead atoms. The molecule has 0 spiro atoms. The molecule has 2 nitrogen and oxygen atoms in total. The van der Waals surface area contributed by atoms with Crippen LogP contribution in [-0.4, -0.2) is 0 Å². The minimum Gasteiger partial charge on any atom is -0.456 e. The van der Waals surface area contributed by atoms with Crippen molar-refractivity contribution in [2.75, 3.05) is 4.90 Å². The highest BCUT2D eigenvalue weighted by molar-refractivity contribution is 6.16. The molecule has 11 rings (SSSR count). The summed E-state index contributed by atoms with van der Waals surface area (Å²) in [7, 11) is 0. The minimum absolute atomic E-state index is 0.1000. The zero-order valence-corrected chi connectivity index (χ0v) is 31.9. The van der Waals surface area contributed by atoms with Gasteiger partial charge in [-0.2, -0.15) is 0 Å². The third kappa shape index (κ3) is 5.33. The number of fused-ring (bicyclic) bond motifs is 7. The predicted molar refractivity (Wildman–Crippen MR) is 240 cm³/mol. The van der Waals surface area contributed by atoms with Crippen molar-refractivity contribution >= 4 is 49.8 Å². The van der Waals surface area contributed by atoms with E-state index in [1.165, 1.54) is 55.3 Å². The summed E-state index contributed by atoms with van der Waals surface area (Å²) in [6.45, 7) is 4.72. The molecule has 0 aliphatic heterocycles. The highest BCUT2D eigenvalue weighted by Crippen LogP contribution is 2.52. The first kappa shape index (κ1) is 33.2. The fourth-order valence-electron chi connectivity index (χ4n) is 9.37. The van der Waals surface area contributed by atoms with Crippen molar-refractivity contribution in [2.45, 2.75) is 19.3 Å². The van der Waals surface area contributed by atoms with Gasteiger partial charge in [-0.15, -0.1) is 0 Å². The topological polar surface area (TPSA) is 16.4 Å². The van der Waals surface area contributed by atoms with Crippen LogP contribution in [0.1, 0.15) is 25.0 Å². The maximum atomic E-state index is 6.56. The maximum Gasteiger partial charge on any atom is 0.136 e. The molecule has 0 N–H and O–H groups in total. The maximum absolute atomic E-state index is 6.56. The Morgan fingerprint density at radius 2 is 0.965 bits per heavy atom. The summed E-state index contributed by atoms with van der Waals surface area (Å²) in [5, 5.41) is 4.63. The highest BCUT2D eigenvalue weighted by Gasteiger charge is 2.37. The average Bonchev–Trinajstić information content (AvgIpc) is 3.75. The predicted octanol–water partition coefficient (Wildman–Crippen LogP) is 15.5. The van der Waals surface area contributed by atoms with Gasteiger partial charge in [-0.1, -0.05) is 166 Å². The summed E-state index contributed by atoms with van der Waals surface area (Å²) in [6.07, 6.45) is 0. The molecule has 1 aliphatic rings. The van der Waals surface area contributed by atoms with Gasteiger partial charge in [-0.25, -0.2) is 0 Å². The van der Waals surface area contributed by atoms with Gasteiger partial charge in [0.25, 0.3) is 0 Å². The summed E-state index contributed by atoms with van der Waals surface area (Å²) >= 11 is 0. The van der Waals surface area contributed by atoms with Crippen LogP contribution in [0.15, 0.2) is 205 Å². The summed E-state index contributed by atoms with van der Waals surface area (Å²) in [5.41, 5.74) is 17.6. The number of para-hydroxylation sites is 1. The molecule has 0 fully saturated rings. The molecule has 0 saturated carbocycles. The van der Waals surface area contributed by atoms with Crippen LogP contribution in [0.3, 0.4) is 0 Å².